The van der Waals surface area contributed by atoms with Crippen molar-refractivity contribution in [2.24, 2.45) is 5.92 Å². The van der Waals surface area contributed by atoms with Crippen LogP contribution in [0, 0.1) is 12.8 Å². The number of fused-ring (bicyclic) bond motifs is 1. The number of rotatable bonds is 3. The van der Waals surface area contributed by atoms with Crippen LogP contribution in [0.15, 0.2) is 12.4 Å². The van der Waals surface area contributed by atoms with E-state index >= 15 is 0 Å². The maximum absolute atomic E-state index is 12.8. The zero-order chi connectivity index (χ0) is 18.3. The number of hydrogen-bond donors (Lipinski definition) is 3. The molecule has 3 heterocycles. The van der Waals surface area contributed by atoms with Crippen molar-refractivity contribution in [3.63, 3.8) is 0 Å². The standard InChI is InChI=1S/C17H22N8O/c1-9-5-3-4-6-11(9)25-16-13(15(18)19-8-20-16)14(24-25)17(26)21-12-7-10(2)22-23-12/h7-9,11H,3-6H2,1-2H3,(H2,18,19,20)(H2,21,22,23,26)/t9-,11-/m1/s1. The maximum Gasteiger partial charge on any atom is 0.278 e. The van der Waals surface area contributed by atoms with Gasteiger partial charge in [0.25, 0.3) is 5.91 Å². The van der Waals surface area contributed by atoms with Crippen LogP contribution in [0.1, 0.15) is 54.8 Å². The average molecular weight is 354 g/mol. The van der Waals surface area contributed by atoms with Crippen LogP contribution in [0.25, 0.3) is 11.0 Å². The first-order valence-electron chi connectivity index (χ1n) is 8.86. The van der Waals surface area contributed by atoms with E-state index in [0.717, 1.165) is 25.0 Å². The Morgan fingerprint density at radius 2 is 2.15 bits per heavy atom. The first-order chi connectivity index (χ1) is 12.5. The third kappa shape index (κ3) is 2.79. The largest absolute Gasteiger partial charge is 0.383 e. The molecule has 3 aromatic rings. The van der Waals surface area contributed by atoms with Gasteiger partial charge in [-0.1, -0.05) is 19.8 Å². The van der Waals surface area contributed by atoms with Crippen LogP contribution in [0.3, 0.4) is 0 Å². The molecule has 0 spiro atoms. The van der Waals surface area contributed by atoms with Crippen LogP contribution in [-0.2, 0) is 0 Å². The Morgan fingerprint density at radius 3 is 2.88 bits per heavy atom. The molecule has 3 aromatic heterocycles. The van der Waals surface area contributed by atoms with Gasteiger partial charge in [-0.05, 0) is 25.7 Å². The van der Waals surface area contributed by atoms with Crippen molar-refractivity contribution >= 4 is 28.6 Å². The van der Waals surface area contributed by atoms with Crippen LogP contribution < -0.4 is 11.1 Å². The highest BCUT2D eigenvalue weighted by atomic mass is 16.2. The summed E-state index contributed by atoms with van der Waals surface area (Å²) in [4.78, 5) is 21.2. The van der Waals surface area contributed by atoms with Crippen molar-refractivity contribution in [1.29, 1.82) is 0 Å². The molecule has 1 fully saturated rings. The highest BCUT2D eigenvalue weighted by Crippen LogP contribution is 2.36. The van der Waals surface area contributed by atoms with E-state index in [1.807, 2.05) is 11.6 Å². The Labute approximate surface area is 150 Å². The number of nitrogen functional groups attached to an aromatic ring is 1. The SMILES string of the molecule is Cc1cc(NC(=O)c2nn([C@@H]3CCCC[C@H]3C)c3ncnc(N)c23)n[nH]1. The van der Waals surface area contributed by atoms with Crippen molar-refractivity contribution in [2.75, 3.05) is 11.1 Å². The van der Waals surface area contributed by atoms with E-state index in [-0.39, 0.29) is 23.5 Å². The lowest BCUT2D eigenvalue weighted by Gasteiger charge is -2.29. The Hall–Kier alpha value is -2.97. The number of carbonyl (C=O) groups excluding carboxylic acids is 1. The number of aromatic amines is 1. The van der Waals surface area contributed by atoms with E-state index in [1.165, 1.54) is 12.7 Å². The summed E-state index contributed by atoms with van der Waals surface area (Å²) in [6.07, 6.45) is 5.94. The van der Waals surface area contributed by atoms with Gasteiger partial charge < -0.3 is 11.1 Å². The predicted molar refractivity (Wildman–Crippen MR) is 97.7 cm³/mol. The lowest BCUT2D eigenvalue weighted by Crippen LogP contribution is -2.23. The number of aryl methyl sites for hydroxylation is 1. The van der Waals surface area contributed by atoms with Crippen molar-refractivity contribution in [3.8, 4) is 0 Å². The molecule has 136 valence electrons. The number of carbonyl (C=O) groups is 1. The van der Waals surface area contributed by atoms with E-state index in [1.54, 1.807) is 6.07 Å². The Bertz CT molecular complexity index is 959. The highest BCUT2D eigenvalue weighted by molar-refractivity contribution is 6.12. The normalized spacial score (nSPS) is 20.4. The number of nitrogens with two attached hydrogens (primary N) is 1. The minimum absolute atomic E-state index is 0.203. The fourth-order valence-electron chi connectivity index (χ4n) is 3.70. The molecule has 4 N–H and O–H groups in total. The van der Waals surface area contributed by atoms with Gasteiger partial charge in [0, 0.05) is 11.8 Å². The first kappa shape index (κ1) is 16.5. The number of anilines is 2. The van der Waals surface area contributed by atoms with Crippen LogP contribution in [0.2, 0.25) is 0 Å². The van der Waals surface area contributed by atoms with Gasteiger partial charge in [-0.25, -0.2) is 14.6 Å². The summed E-state index contributed by atoms with van der Waals surface area (Å²) in [5, 5.41) is 14.7. The Morgan fingerprint density at radius 1 is 1.35 bits per heavy atom. The molecule has 0 unspecified atom stereocenters. The fourth-order valence-corrected chi connectivity index (χ4v) is 3.70. The number of hydrogen-bond acceptors (Lipinski definition) is 6. The quantitative estimate of drug-likeness (QED) is 0.663. The Kier molecular flexibility index (Phi) is 4.06. The van der Waals surface area contributed by atoms with Gasteiger partial charge in [0.15, 0.2) is 17.2 Å². The Balaban J connectivity index is 1.78. The van der Waals surface area contributed by atoms with E-state index in [4.69, 9.17) is 5.73 Å². The summed E-state index contributed by atoms with van der Waals surface area (Å²) in [5.74, 6) is 0.794. The fraction of sp³-hybridized carbons (Fsp3) is 0.471. The maximum atomic E-state index is 12.8. The lowest BCUT2D eigenvalue weighted by molar-refractivity contribution is 0.102. The third-order valence-electron chi connectivity index (χ3n) is 5.06. The highest BCUT2D eigenvalue weighted by Gasteiger charge is 2.29. The van der Waals surface area contributed by atoms with Crippen LogP contribution in [0.5, 0.6) is 0 Å². The molecule has 0 saturated heterocycles. The van der Waals surface area contributed by atoms with Crippen molar-refractivity contribution < 1.29 is 4.79 Å². The van der Waals surface area contributed by atoms with Gasteiger partial charge in [0.05, 0.1) is 11.4 Å². The monoisotopic (exact) mass is 354 g/mol. The minimum atomic E-state index is -0.370. The third-order valence-corrected chi connectivity index (χ3v) is 5.06. The van der Waals surface area contributed by atoms with Crippen molar-refractivity contribution in [1.82, 2.24) is 29.9 Å². The number of nitrogens with zero attached hydrogens (tertiary/aromatic N) is 5. The van der Waals surface area contributed by atoms with E-state index in [9.17, 15) is 4.79 Å². The molecule has 1 aliphatic carbocycles. The molecule has 0 aromatic carbocycles. The van der Waals surface area contributed by atoms with Gasteiger partial charge in [-0.15, -0.1) is 0 Å². The second-order valence-electron chi connectivity index (χ2n) is 6.97. The second-order valence-corrected chi connectivity index (χ2v) is 6.97. The number of amides is 1. The van der Waals surface area contributed by atoms with Crippen molar-refractivity contribution in [2.45, 2.75) is 45.6 Å². The molecular weight excluding hydrogens is 332 g/mol. The summed E-state index contributed by atoms with van der Waals surface area (Å²) < 4.78 is 1.86. The molecule has 0 bridgehead atoms. The molecular formula is C17H22N8O. The van der Waals surface area contributed by atoms with Crippen LogP contribution in [-0.4, -0.2) is 35.9 Å². The molecule has 0 aliphatic heterocycles. The van der Waals surface area contributed by atoms with Gasteiger partial charge in [-0.2, -0.15) is 10.2 Å². The topological polar surface area (TPSA) is 127 Å². The average Bonchev–Trinajstić information content (AvgIpc) is 3.20. The number of nitrogens with one attached hydrogen (secondary N) is 2. The van der Waals surface area contributed by atoms with Crippen LogP contribution in [0.4, 0.5) is 11.6 Å². The molecule has 1 aliphatic rings. The molecule has 1 saturated carbocycles. The molecule has 1 amide bonds. The first-order valence-corrected chi connectivity index (χ1v) is 8.86. The van der Waals surface area contributed by atoms with Gasteiger partial charge >= 0.3 is 0 Å². The summed E-state index contributed by atoms with van der Waals surface area (Å²) in [6.45, 7) is 4.08. The molecule has 4 rings (SSSR count). The summed E-state index contributed by atoms with van der Waals surface area (Å²) >= 11 is 0. The van der Waals surface area contributed by atoms with Crippen LogP contribution >= 0.6 is 0 Å². The molecule has 26 heavy (non-hydrogen) atoms. The predicted octanol–water partition coefficient (Wildman–Crippen LogP) is 2.44. The summed E-state index contributed by atoms with van der Waals surface area (Å²) in [7, 11) is 0. The van der Waals surface area contributed by atoms with E-state index < -0.39 is 0 Å². The summed E-state index contributed by atoms with van der Waals surface area (Å²) in [6, 6.07) is 1.95. The van der Waals surface area contributed by atoms with Gasteiger partial charge in [0.1, 0.15) is 12.1 Å². The second kappa shape index (κ2) is 6.40. The van der Waals surface area contributed by atoms with E-state index in [0.29, 0.717) is 22.8 Å². The summed E-state index contributed by atoms with van der Waals surface area (Å²) in [5.41, 5.74) is 7.76. The van der Waals surface area contributed by atoms with Gasteiger partial charge in [0.2, 0.25) is 0 Å². The van der Waals surface area contributed by atoms with Gasteiger partial charge in [-0.3, -0.25) is 9.89 Å². The molecule has 0 radical (unpaired) electrons. The minimum Gasteiger partial charge on any atom is -0.383 e. The van der Waals surface area contributed by atoms with Crippen molar-refractivity contribution in [3.05, 3.63) is 23.8 Å². The number of H-pyrrole nitrogens is 1. The van der Waals surface area contributed by atoms with E-state index in [2.05, 4.69) is 37.5 Å². The molecule has 2 atom stereocenters. The zero-order valence-corrected chi connectivity index (χ0v) is 14.9. The molecule has 9 heteroatoms. The smallest absolute Gasteiger partial charge is 0.278 e. The number of aromatic nitrogens is 6. The lowest BCUT2D eigenvalue weighted by atomic mass is 9.86. The molecule has 9 nitrogen and oxygen atoms in total. The zero-order valence-electron chi connectivity index (χ0n) is 14.9.